The van der Waals surface area contributed by atoms with Crippen LogP contribution in [-0.2, 0) is 5.75 Å². The fourth-order valence-corrected chi connectivity index (χ4v) is 3.88. The summed E-state index contributed by atoms with van der Waals surface area (Å²) in [6.45, 7) is 3.32. The summed E-state index contributed by atoms with van der Waals surface area (Å²) in [6.07, 6.45) is 3.79. The van der Waals surface area contributed by atoms with Gasteiger partial charge in [0.2, 0.25) is 5.89 Å². The number of nitrogens with zero attached hydrogens (tertiary/aromatic N) is 3. The molecule has 3 heterocycles. The monoisotopic (exact) mass is 390 g/mol. The number of hydrogen-bond acceptors (Lipinski definition) is 8. The molecule has 0 amide bonds. The van der Waals surface area contributed by atoms with Crippen molar-refractivity contribution in [1.82, 2.24) is 20.2 Å². The molecule has 0 fully saturated rings. The summed E-state index contributed by atoms with van der Waals surface area (Å²) in [4.78, 5) is 22.3. The minimum atomic E-state index is -0.0725. The molecule has 0 aliphatic rings. The minimum absolute atomic E-state index is 0.0725. The third-order valence-corrected chi connectivity index (χ3v) is 5.15. The van der Waals surface area contributed by atoms with Crippen LogP contribution in [0, 0.1) is 11.8 Å². The van der Waals surface area contributed by atoms with Crippen molar-refractivity contribution < 1.29 is 9.21 Å². The first-order valence-electron chi connectivity index (χ1n) is 7.31. The van der Waals surface area contributed by atoms with Crippen molar-refractivity contribution >= 4 is 53.3 Å². The summed E-state index contributed by atoms with van der Waals surface area (Å²) in [5.74, 6) is 1.35. The van der Waals surface area contributed by atoms with Crippen molar-refractivity contribution in [3.8, 4) is 0 Å². The molecule has 0 atom stereocenters. The number of thiophene rings is 1. The maximum absolute atomic E-state index is 12.0. The predicted molar refractivity (Wildman–Crippen MR) is 101 cm³/mol. The number of rotatable bonds is 6. The molecule has 3 aromatic heterocycles. The van der Waals surface area contributed by atoms with E-state index >= 15 is 0 Å². The summed E-state index contributed by atoms with van der Waals surface area (Å²) >= 11 is 7.86. The molecule has 0 radical (unpaired) electrons. The molecule has 3 rings (SSSR count). The molecule has 1 N–H and O–H groups in total. The third kappa shape index (κ3) is 4.50. The average Bonchev–Trinajstić information content (AvgIpc) is 3.21. The Bertz CT molecular complexity index is 974. The molecule has 0 bridgehead atoms. The van der Waals surface area contributed by atoms with Gasteiger partial charge in [-0.3, -0.25) is 4.79 Å². The molecule has 0 spiro atoms. The van der Waals surface area contributed by atoms with E-state index in [4.69, 9.17) is 16.6 Å². The summed E-state index contributed by atoms with van der Waals surface area (Å²) < 4.78 is 5.25. The van der Waals surface area contributed by atoms with Gasteiger partial charge in [-0.1, -0.05) is 17.8 Å². The van der Waals surface area contributed by atoms with Crippen LogP contribution in [0.15, 0.2) is 27.0 Å². The highest BCUT2D eigenvalue weighted by Crippen LogP contribution is 2.26. The summed E-state index contributed by atoms with van der Waals surface area (Å²) in [6, 6.07) is 4.00. The minimum Gasteiger partial charge on any atom is -0.413 e. The lowest BCUT2D eigenvalue weighted by molar-refractivity contribution is 0.101. The molecule has 9 heteroatoms. The standard InChI is InChI=1S/C16H14N4O2S3/c1-9-14(10(2)21)15(25-8-13-19-20-16(23)22-13)18-12(17-9)6-5-11-4-3-7-24-11/h3-7H,8H2,1-2H3,(H,20,23)/b6-5+. The number of H-pyrrole nitrogens is 1. The number of carbonyl (C=O) groups excluding carboxylic acids is 1. The molecule has 0 aliphatic carbocycles. The second kappa shape index (κ2) is 7.85. The normalized spacial score (nSPS) is 11.3. The summed E-state index contributed by atoms with van der Waals surface area (Å²) in [5.41, 5.74) is 1.17. The van der Waals surface area contributed by atoms with Crippen molar-refractivity contribution in [3.05, 3.63) is 50.2 Å². The van der Waals surface area contributed by atoms with Gasteiger partial charge in [0.05, 0.1) is 17.0 Å². The first-order valence-corrected chi connectivity index (χ1v) is 9.58. The first-order chi connectivity index (χ1) is 12.0. The molecule has 0 aliphatic heterocycles. The van der Waals surface area contributed by atoms with Crippen molar-refractivity contribution in [2.24, 2.45) is 0 Å². The van der Waals surface area contributed by atoms with Gasteiger partial charge in [0, 0.05) is 4.88 Å². The number of aromatic amines is 1. The maximum Gasteiger partial charge on any atom is 0.284 e. The SMILES string of the molecule is CC(=O)c1c(C)nc(/C=C/c2cccs2)nc1SCc1n[nH]c(=S)o1. The van der Waals surface area contributed by atoms with Crippen LogP contribution in [0.5, 0.6) is 0 Å². The largest absolute Gasteiger partial charge is 0.413 e. The zero-order chi connectivity index (χ0) is 17.8. The predicted octanol–water partition coefficient (Wildman–Crippen LogP) is 4.56. The van der Waals surface area contributed by atoms with Gasteiger partial charge in [0.25, 0.3) is 4.84 Å². The number of thioether (sulfide) groups is 1. The van der Waals surface area contributed by atoms with Crippen LogP contribution in [0.4, 0.5) is 0 Å². The number of hydrogen-bond donors (Lipinski definition) is 1. The lowest BCUT2D eigenvalue weighted by atomic mass is 10.2. The van der Waals surface area contributed by atoms with Crippen molar-refractivity contribution in [3.63, 3.8) is 0 Å². The van der Waals surface area contributed by atoms with Crippen LogP contribution in [0.3, 0.4) is 0 Å². The number of aromatic nitrogens is 4. The molecule has 3 aromatic rings. The number of carbonyl (C=O) groups is 1. The van der Waals surface area contributed by atoms with Crippen LogP contribution >= 0.6 is 35.3 Å². The number of nitrogens with one attached hydrogen (secondary N) is 1. The summed E-state index contributed by atoms with van der Waals surface area (Å²) in [5, 5.41) is 9.15. The van der Waals surface area contributed by atoms with Gasteiger partial charge < -0.3 is 4.42 Å². The van der Waals surface area contributed by atoms with E-state index in [-0.39, 0.29) is 10.6 Å². The Labute approximate surface area is 157 Å². The molecule has 0 saturated heterocycles. The van der Waals surface area contributed by atoms with Crippen molar-refractivity contribution in [2.75, 3.05) is 0 Å². The number of aryl methyl sites for hydroxylation is 1. The van der Waals surface area contributed by atoms with Crippen molar-refractivity contribution in [1.29, 1.82) is 0 Å². The van der Waals surface area contributed by atoms with E-state index in [2.05, 4.69) is 20.2 Å². The van der Waals surface area contributed by atoms with Crippen LogP contribution in [0.25, 0.3) is 12.2 Å². The van der Waals surface area contributed by atoms with Crippen LogP contribution in [0.1, 0.15) is 39.6 Å². The average molecular weight is 391 g/mol. The van der Waals surface area contributed by atoms with Gasteiger partial charge in [0.15, 0.2) is 11.6 Å². The van der Waals surface area contributed by atoms with Crippen LogP contribution < -0.4 is 0 Å². The van der Waals surface area contributed by atoms with E-state index in [9.17, 15) is 4.79 Å². The zero-order valence-electron chi connectivity index (χ0n) is 13.5. The topological polar surface area (TPSA) is 84.7 Å². The van der Waals surface area contributed by atoms with Gasteiger partial charge in [-0.2, -0.15) is 0 Å². The second-order valence-corrected chi connectivity index (χ2v) is 7.36. The maximum atomic E-state index is 12.0. The Morgan fingerprint density at radius 2 is 2.28 bits per heavy atom. The Morgan fingerprint density at radius 3 is 2.92 bits per heavy atom. The fourth-order valence-electron chi connectivity index (χ4n) is 2.15. The Morgan fingerprint density at radius 1 is 1.44 bits per heavy atom. The smallest absolute Gasteiger partial charge is 0.284 e. The second-order valence-electron chi connectivity index (χ2n) is 5.05. The number of ketones is 1. The lowest BCUT2D eigenvalue weighted by Crippen LogP contribution is -2.06. The first kappa shape index (κ1) is 17.7. The van der Waals surface area contributed by atoms with E-state index in [1.807, 2.05) is 36.6 Å². The third-order valence-electron chi connectivity index (χ3n) is 3.18. The van der Waals surface area contributed by atoms with E-state index in [0.29, 0.717) is 33.8 Å². The molecule has 6 nitrogen and oxygen atoms in total. The van der Waals surface area contributed by atoms with Crippen molar-refractivity contribution in [2.45, 2.75) is 24.6 Å². The van der Waals surface area contributed by atoms with E-state index in [0.717, 1.165) is 4.88 Å². The van der Waals surface area contributed by atoms with E-state index in [1.54, 1.807) is 11.3 Å². The Balaban J connectivity index is 1.89. The molecular weight excluding hydrogens is 376 g/mol. The van der Waals surface area contributed by atoms with E-state index < -0.39 is 0 Å². The quantitative estimate of drug-likeness (QED) is 0.286. The molecule has 0 unspecified atom stereocenters. The fraction of sp³-hybridized carbons (Fsp3) is 0.188. The molecule has 0 aromatic carbocycles. The zero-order valence-corrected chi connectivity index (χ0v) is 15.9. The Kier molecular flexibility index (Phi) is 5.57. The van der Waals surface area contributed by atoms with Gasteiger partial charge >= 0.3 is 0 Å². The van der Waals surface area contributed by atoms with Crippen LogP contribution in [0.2, 0.25) is 0 Å². The Hall–Kier alpha value is -2.10. The van der Waals surface area contributed by atoms with Gasteiger partial charge in [-0.25, -0.2) is 15.1 Å². The molecule has 128 valence electrons. The summed E-state index contributed by atoms with van der Waals surface area (Å²) in [7, 11) is 0. The molecule has 0 saturated carbocycles. The molecular formula is C16H14N4O2S3. The van der Waals surface area contributed by atoms with Gasteiger partial charge in [-0.15, -0.1) is 16.4 Å². The highest BCUT2D eigenvalue weighted by atomic mass is 32.2. The van der Waals surface area contributed by atoms with Crippen LogP contribution in [-0.4, -0.2) is 25.9 Å². The van der Waals surface area contributed by atoms with Gasteiger partial charge in [0.1, 0.15) is 5.03 Å². The highest BCUT2D eigenvalue weighted by molar-refractivity contribution is 7.98. The molecule has 25 heavy (non-hydrogen) atoms. The van der Waals surface area contributed by atoms with E-state index in [1.165, 1.54) is 18.7 Å². The highest BCUT2D eigenvalue weighted by Gasteiger charge is 2.16. The van der Waals surface area contributed by atoms with Gasteiger partial charge in [-0.05, 0) is 49.7 Å². The lowest BCUT2D eigenvalue weighted by Gasteiger charge is -2.08. The number of Topliss-reactive ketones (excluding diaryl/α,β-unsaturated/α-hetero) is 1.